The summed E-state index contributed by atoms with van der Waals surface area (Å²) < 4.78 is 40.9. The third-order valence-electron chi connectivity index (χ3n) is 3.60. The van der Waals surface area contributed by atoms with Crippen LogP contribution in [0.5, 0.6) is 5.75 Å². The molecule has 138 valence electrons. The third kappa shape index (κ3) is 3.36. The standard InChI is InChI=1S/C16H11F3N6OS/c17-16(18,19)8-5-9(7-10(26)6-8)21-14-23-13(20)25(24-14)15-22-11-3-1-2-4-12(11)27-15/h1-7,26H,(H3,20,21,23,24). The Morgan fingerprint density at radius 1 is 1.11 bits per heavy atom. The largest absolute Gasteiger partial charge is 0.508 e. The third-order valence-corrected chi connectivity index (χ3v) is 4.61. The van der Waals surface area contributed by atoms with E-state index in [9.17, 15) is 18.3 Å². The monoisotopic (exact) mass is 392 g/mol. The highest BCUT2D eigenvalue weighted by molar-refractivity contribution is 7.20. The van der Waals surface area contributed by atoms with Crippen molar-refractivity contribution in [2.24, 2.45) is 0 Å². The molecule has 0 aliphatic rings. The minimum atomic E-state index is -4.60. The second kappa shape index (κ2) is 6.13. The van der Waals surface area contributed by atoms with Crippen molar-refractivity contribution in [1.29, 1.82) is 0 Å². The molecule has 2 heterocycles. The van der Waals surface area contributed by atoms with Gasteiger partial charge >= 0.3 is 6.18 Å². The summed E-state index contributed by atoms with van der Waals surface area (Å²) in [5.74, 6) is -0.538. The number of rotatable bonds is 3. The molecule has 11 heteroatoms. The normalized spacial score (nSPS) is 11.8. The molecule has 2 aromatic heterocycles. The zero-order chi connectivity index (χ0) is 19.2. The highest BCUT2D eigenvalue weighted by atomic mass is 32.1. The number of nitrogens with one attached hydrogen (secondary N) is 1. The van der Waals surface area contributed by atoms with Crippen LogP contribution in [0.1, 0.15) is 5.56 Å². The first-order chi connectivity index (χ1) is 12.8. The fourth-order valence-electron chi connectivity index (χ4n) is 2.44. The summed E-state index contributed by atoms with van der Waals surface area (Å²) in [5.41, 5.74) is 5.61. The number of phenols is 1. The van der Waals surface area contributed by atoms with E-state index >= 15 is 0 Å². The lowest BCUT2D eigenvalue weighted by atomic mass is 10.2. The number of anilines is 3. The van der Waals surface area contributed by atoms with Crippen molar-refractivity contribution >= 4 is 39.1 Å². The molecule has 27 heavy (non-hydrogen) atoms. The van der Waals surface area contributed by atoms with E-state index in [1.54, 1.807) is 0 Å². The van der Waals surface area contributed by atoms with Gasteiger partial charge in [-0.2, -0.15) is 22.8 Å². The van der Waals surface area contributed by atoms with Crippen LogP contribution >= 0.6 is 11.3 Å². The van der Waals surface area contributed by atoms with Crippen molar-refractivity contribution in [2.75, 3.05) is 11.1 Å². The summed E-state index contributed by atoms with van der Waals surface area (Å²) in [4.78, 5) is 8.40. The number of aromatic hydroxyl groups is 1. The van der Waals surface area contributed by atoms with Gasteiger partial charge in [-0.1, -0.05) is 23.5 Å². The zero-order valence-corrected chi connectivity index (χ0v) is 14.2. The van der Waals surface area contributed by atoms with E-state index in [0.717, 1.165) is 22.3 Å². The molecule has 0 saturated heterocycles. The average molecular weight is 392 g/mol. The van der Waals surface area contributed by atoms with Crippen LogP contribution in [0.25, 0.3) is 15.3 Å². The second-order valence-electron chi connectivity index (χ2n) is 5.56. The number of fused-ring (bicyclic) bond motifs is 1. The maximum Gasteiger partial charge on any atom is 0.416 e. The summed E-state index contributed by atoms with van der Waals surface area (Å²) in [6.07, 6.45) is -4.60. The molecule has 0 saturated carbocycles. The van der Waals surface area contributed by atoms with Gasteiger partial charge in [0.05, 0.1) is 15.8 Å². The Morgan fingerprint density at radius 2 is 1.89 bits per heavy atom. The van der Waals surface area contributed by atoms with Gasteiger partial charge < -0.3 is 16.2 Å². The molecule has 0 spiro atoms. The molecule has 0 aliphatic heterocycles. The number of nitrogens with two attached hydrogens (primary N) is 1. The Kier molecular flexibility index (Phi) is 3.88. The Hall–Kier alpha value is -3.34. The summed E-state index contributed by atoms with van der Waals surface area (Å²) in [6, 6.07) is 10.1. The number of alkyl halides is 3. The number of aromatic nitrogens is 4. The molecule has 0 radical (unpaired) electrons. The van der Waals surface area contributed by atoms with Crippen LogP contribution in [0.4, 0.5) is 30.8 Å². The molecule has 0 amide bonds. The van der Waals surface area contributed by atoms with Crippen LogP contribution in [0, 0.1) is 0 Å². The van der Waals surface area contributed by atoms with Gasteiger partial charge in [0.1, 0.15) is 5.75 Å². The van der Waals surface area contributed by atoms with E-state index in [0.29, 0.717) is 11.2 Å². The molecule has 0 atom stereocenters. The van der Waals surface area contributed by atoms with Gasteiger partial charge in [-0.05, 0) is 24.3 Å². The molecule has 4 N–H and O–H groups in total. The fraction of sp³-hybridized carbons (Fsp3) is 0.0625. The minimum Gasteiger partial charge on any atom is -0.508 e. The van der Waals surface area contributed by atoms with E-state index in [-0.39, 0.29) is 17.6 Å². The first-order valence-electron chi connectivity index (χ1n) is 7.56. The molecule has 4 rings (SSSR count). The number of thiazole rings is 1. The number of hydrogen-bond acceptors (Lipinski definition) is 7. The minimum absolute atomic E-state index is 0.0211. The number of phenolic OH excluding ortho intramolecular Hbond substituents is 1. The number of nitrogens with zero attached hydrogens (tertiary/aromatic N) is 4. The first kappa shape index (κ1) is 17.1. The highest BCUT2D eigenvalue weighted by Crippen LogP contribution is 2.34. The predicted molar refractivity (Wildman–Crippen MR) is 95.3 cm³/mol. The van der Waals surface area contributed by atoms with E-state index < -0.39 is 17.5 Å². The van der Waals surface area contributed by atoms with Crippen LogP contribution in [0.3, 0.4) is 0 Å². The highest BCUT2D eigenvalue weighted by Gasteiger charge is 2.31. The van der Waals surface area contributed by atoms with Crippen molar-refractivity contribution in [3.8, 4) is 10.9 Å². The Balaban J connectivity index is 1.67. The van der Waals surface area contributed by atoms with Gasteiger partial charge in [-0.15, -0.1) is 5.10 Å². The van der Waals surface area contributed by atoms with Crippen LogP contribution in [-0.4, -0.2) is 24.9 Å². The van der Waals surface area contributed by atoms with Crippen molar-refractivity contribution in [1.82, 2.24) is 19.7 Å². The number of halogens is 3. The van der Waals surface area contributed by atoms with Crippen LogP contribution in [-0.2, 0) is 6.18 Å². The SMILES string of the molecule is Nc1nc(Nc2cc(O)cc(C(F)(F)F)c2)nn1-c1nc2ccccc2s1. The van der Waals surface area contributed by atoms with Gasteiger partial charge in [0.2, 0.25) is 17.0 Å². The van der Waals surface area contributed by atoms with Crippen molar-refractivity contribution in [2.45, 2.75) is 6.18 Å². The van der Waals surface area contributed by atoms with Gasteiger partial charge in [0, 0.05) is 11.8 Å². The van der Waals surface area contributed by atoms with Gasteiger partial charge in [-0.3, -0.25) is 0 Å². The Labute approximate surface area is 153 Å². The second-order valence-corrected chi connectivity index (χ2v) is 6.57. The topological polar surface area (TPSA) is 102 Å². The zero-order valence-electron chi connectivity index (χ0n) is 13.4. The lowest BCUT2D eigenvalue weighted by molar-refractivity contribution is -0.137. The smallest absolute Gasteiger partial charge is 0.416 e. The molecule has 7 nitrogen and oxygen atoms in total. The van der Waals surface area contributed by atoms with E-state index in [4.69, 9.17) is 5.73 Å². The number of benzene rings is 2. The summed E-state index contributed by atoms with van der Waals surface area (Å²) in [5, 5.41) is 16.8. The van der Waals surface area contributed by atoms with E-state index in [1.807, 2.05) is 24.3 Å². The molecule has 4 aromatic rings. The van der Waals surface area contributed by atoms with Gasteiger partial charge in [0.15, 0.2) is 0 Å². The number of para-hydroxylation sites is 1. The number of nitrogen functional groups attached to an aromatic ring is 1. The molecule has 0 fully saturated rings. The number of hydrogen-bond donors (Lipinski definition) is 3. The Bertz CT molecular complexity index is 1100. The maximum atomic E-state index is 12.9. The molecular weight excluding hydrogens is 381 g/mol. The van der Waals surface area contributed by atoms with Crippen LogP contribution in [0.15, 0.2) is 42.5 Å². The molecule has 0 aliphatic carbocycles. The molecule has 0 unspecified atom stereocenters. The first-order valence-corrected chi connectivity index (χ1v) is 8.38. The quantitative estimate of drug-likeness (QED) is 0.488. The van der Waals surface area contributed by atoms with Crippen molar-refractivity contribution < 1.29 is 18.3 Å². The Morgan fingerprint density at radius 3 is 2.63 bits per heavy atom. The summed E-state index contributed by atoms with van der Waals surface area (Å²) in [7, 11) is 0. The predicted octanol–water partition coefficient (Wildman–Crippen LogP) is 3.93. The van der Waals surface area contributed by atoms with E-state index in [2.05, 4.69) is 20.4 Å². The molecule has 0 bridgehead atoms. The van der Waals surface area contributed by atoms with Gasteiger partial charge in [0.25, 0.3) is 0 Å². The lowest BCUT2D eigenvalue weighted by Crippen LogP contribution is -2.05. The van der Waals surface area contributed by atoms with Crippen molar-refractivity contribution in [3.05, 3.63) is 48.0 Å². The summed E-state index contributed by atoms with van der Waals surface area (Å²) in [6.45, 7) is 0. The maximum absolute atomic E-state index is 12.9. The van der Waals surface area contributed by atoms with Gasteiger partial charge in [-0.25, -0.2) is 4.98 Å². The molecule has 2 aromatic carbocycles. The van der Waals surface area contributed by atoms with Crippen molar-refractivity contribution in [3.63, 3.8) is 0 Å². The lowest BCUT2D eigenvalue weighted by Gasteiger charge is -2.09. The summed E-state index contributed by atoms with van der Waals surface area (Å²) >= 11 is 1.35. The van der Waals surface area contributed by atoms with Crippen LogP contribution < -0.4 is 11.1 Å². The molecular formula is C16H11F3N6OS. The average Bonchev–Trinajstić information content (AvgIpc) is 3.16. The van der Waals surface area contributed by atoms with Crippen LogP contribution in [0.2, 0.25) is 0 Å². The van der Waals surface area contributed by atoms with E-state index in [1.165, 1.54) is 16.0 Å². The fourth-order valence-corrected chi connectivity index (χ4v) is 3.37.